The molecular weight excluding hydrogens is 226 g/mol. The number of aliphatic carboxylic acids is 1. The van der Waals surface area contributed by atoms with Crippen LogP contribution in [-0.2, 0) is 4.79 Å². The Morgan fingerprint density at radius 3 is 2.53 bits per heavy atom. The van der Waals surface area contributed by atoms with E-state index in [0.717, 1.165) is 6.07 Å². The molecule has 0 aliphatic heterocycles. The van der Waals surface area contributed by atoms with Gasteiger partial charge in [0.15, 0.2) is 0 Å². The summed E-state index contributed by atoms with van der Waals surface area (Å²) >= 11 is 5.46. The molecule has 0 aliphatic rings. The molecule has 15 heavy (non-hydrogen) atoms. The second-order valence-electron chi connectivity index (χ2n) is 3.09. The second-order valence-corrected chi connectivity index (χ2v) is 3.49. The summed E-state index contributed by atoms with van der Waals surface area (Å²) in [5.41, 5.74) is -0.0867. The van der Waals surface area contributed by atoms with E-state index in [9.17, 15) is 13.6 Å². The molecule has 0 heterocycles. The molecular formula is C10H9ClF2O2. The van der Waals surface area contributed by atoms with Gasteiger partial charge in [-0.25, -0.2) is 8.78 Å². The molecule has 0 fully saturated rings. The Kier molecular flexibility index (Phi) is 3.63. The highest BCUT2D eigenvalue weighted by Gasteiger charge is 2.22. The van der Waals surface area contributed by atoms with Crippen LogP contribution in [0.4, 0.5) is 8.78 Å². The smallest absolute Gasteiger partial charge is 0.311 e. The molecule has 1 aromatic carbocycles. The van der Waals surface area contributed by atoms with E-state index in [1.54, 1.807) is 6.92 Å². The highest BCUT2D eigenvalue weighted by molar-refractivity contribution is 6.30. The van der Waals surface area contributed by atoms with Crippen LogP contribution in [0.2, 0.25) is 5.02 Å². The van der Waals surface area contributed by atoms with E-state index < -0.39 is 23.5 Å². The molecule has 0 saturated heterocycles. The number of rotatable bonds is 3. The van der Waals surface area contributed by atoms with Crippen LogP contribution in [0.15, 0.2) is 12.1 Å². The van der Waals surface area contributed by atoms with Crippen LogP contribution in [0.25, 0.3) is 0 Å². The maximum Gasteiger partial charge on any atom is 0.311 e. The van der Waals surface area contributed by atoms with E-state index in [4.69, 9.17) is 16.7 Å². The standard InChI is InChI=1S/C10H9ClF2O2/c1-2-5(10(14)15)6-3-7(11)9(13)4-8(6)12/h3-5H,2H2,1H3,(H,14,15). The highest BCUT2D eigenvalue weighted by atomic mass is 35.5. The van der Waals surface area contributed by atoms with E-state index in [1.807, 2.05) is 0 Å². The summed E-state index contributed by atoms with van der Waals surface area (Å²) < 4.78 is 26.1. The topological polar surface area (TPSA) is 37.3 Å². The summed E-state index contributed by atoms with van der Waals surface area (Å²) in [4.78, 5) is 10.8. The van der Waals surface area contributed by atoms with Crippen LogP contribution in [0.5, 0.6) is 0 Å². The molecule has 0 amide bonds. The number of hydrogen-bond acceptors (Lipinski definition) is 1. The summed E-state index contributed by atoms with van der Waals surface area (Å²) in [6.07, 6.45) is 0.216. The van der Waals surface area contributed by atoms with Crippen molar-refractivity contribution in [1.29, 1.82) is 0 Å². The third-order valence-corrected chi connectivity index (χ3v) is 2.41. The molecule has 0 spiro atoms. The van der Waals surface area contributed by atoms with Gasteiger partial charge in [-0.05, 0) is 12.5 Å². The van der Waals surface area contributed by atoms with Gasteiger partial charge in [0.1, 0.15) is 11.6 Å². The molecule has 0 saturated carbocycles. The lowest BCUT2D eigenvalue weighted by molar-refractivity contribution is -0.138. The lowest BCUT2D eigenvalue weighted by Gasteiger charge is -2.11. The normalized spacial score (nSPS) is 12.5. The minimum Gasteiger partial charge on any atom is -0.481 e. The van der Waals surface area contributed by atoms with Crippen molar-refractivity contribution in [3.63, 3.8) is 0 Å². The summed E-state index contributed by atoms with van der Waals surface area (Å²) in [5, 5.41) is 8.54. The fourth-order valence-electron chi connectivity index (χ4n) is 1.33. The molecule has 1 unspecified atom stereocenters. The summed E-state index contributed by atoms with van der Waals surface area (Å²) in [6.45, 7) is 1.61. The lowest BCUT2D eigenvalue weighted by Crippen LogP contribution is -2.12. The van der Waals surface area contributed by atoms with Gasteiger partial charge >= 0.3 is 5.97 Å². The first-order valence-corrected chi connectivity index (χ1v) is 4.72. The van der Waals surface area contributed by atoms with Crippen molar-refractivity contribution in [1.82, 2.24) is 0 Å². The molecule has 1 rings (SSSR count). The van der Waals surface area contributed by atoms with Crippen molar-refractivity contribution in [3.8, 4) is 0 Å². The molecule has 0 aliphatic carbocycles. The summed E-state index contributed by atoms with van der Waals surface area (Å²) in [5.74, 6) is -3.92. The first-order valence-electron chi connectivity index (χ1n) is 4.34. The summed E-state index contributed by atoms with van der Waals surface area (Å²) in [6, 6.07) is 1.62. The Bertz CT molecular complexity index is 393. The van der Waals surface area contributed by atoms with E-state index in [1.165, 1.54) is 0 Å². The molecule has 0 aromatic heterocycles. The molecule has 82 valence electrons. The Morgan fingerprint density at radius 2 is 2.07 bits per heavy atom. The first kappa shape index (κ1) is 11.9. The minimum atomic E-state index is -1.15. The molecule has 1 N–H and O–H groups in total. The molecule has 2 nitrogen and oxygen atoms in total. The van der Waals surface area contributed by atoms with Crippen LogP contribution in [0.3, 0.4) is 0 Å². The minimum absolute atomic E-state index is 0.0867. The predicted molar refractivity (Wildman–Crippen MR) is 52.0 cm³/mol. The van der Waals surface area contributed by atoms with Crippen LogP contribution in [0.1, 0.15) is 24.8 Å². The van der Waals surface area contributed by atoms with Crippen molar-refractivity contribution in [2.75, 3.05) is 0 Å². The molecule has 1 atom stereocenters. The van der Waals surface area contributed by atoms with Gasteiger partial charge < -0.3 is 5.11 Å². The number of carboxylic acid groups (broad SMARTS) is 1. The van der Waals surface area contributed by atoms with Crippen molar-refractivity contribution >= 4 is 17.6 Å². The Morgan fingerprint density at radius 1 is 1.47 bits per heavy atom. The first-order chi connectivity index (χ1) is 6.97. The maximum absolute atomic E-state index is 13.3. The zero-order chi connectivity index (χ0) is 11.6. The van der Waals surface area contributed by atoms with Gasteiger partial charge in [-0.15, -0.1) is 0 Å². The van der Waals surface area contributed by atoms with Gasteiger partial charge in [-0.2, -0.15) is 0 Å². The lowest BCUT2D eigenvalue weighted by atomic mass is 9.96. The fraction of sp³-hybridized carbons (Fsp3) is 0.300. The van der Waals surface area contributed by atoms with Gasteiger partial charge in [0.2, 0.25) is 0 Å². The van der Waals surface area contributed by atoms with Gasteiger partial charge in [0.05, 0.1) is 10.9 Å². The third kappa shape index (κ3) is 2.45. The zero-order valence-corrected chi connectivity index (χ0v) is 8.68. The van der Waals surface area contributed by atoms with Gasteiger partial charge in [-0.3, -0.25) is 4.79 Å². The van der Waals surface area contributed by atoms with Crippen molar-refractivity contribution < 1.29 is 18.7 Å². The number of carbonyl (C=O) groups is 1. The van der Waals surface area contributed by atoms with Crippen LogP contribution in [0, 0.1) is 11.6 Å². The maximum atomic E-state index is 13.3. The molecule has 1 aromatic rings. The SMILES string of the molecule is CCC(C(=O)O)c1cc(Cl)c(F)cc1F. The fourth-order valence-corrected chi connectivity index (χ4v) is 1.50. The quantitative estimate of drug-likeness (QED) is 0.816. The number of halogens is 3. The average molecular weight is 235 g/mol. The van der Waals surface area contributed by atoms with Gasteiger partial charge in [0.25, 0.3) is 0 Å². The van der Waals surface area contributed by atoms with E-state index in [-0.39, 0.29) is 17.0 Å². The summed E-state index contributed by atoms with van der Waals surface area (Å²) in [7, 11) is 0. The largest absolute Gasteiger partial charge is 0.481 e. The average Bonchev–Trinajstić information content (AvgIpc) is 2.14. The van der Waals surface area contributed by atoms with E-state index in [2.05, 4.69) is 0 Å². The van der Waals surface area contributed by atoms with Crippen LogP contribution >= 0.6 is 11.6 Å². The number of carboxylic acids is 1. The Hall–Kier alpha value is -1.16. The monoisotopic (exact) mass is 234 g/mol. The predicted octanol–water partition coefficient (Wildman–Crippen LogP) is 3.20. The van der Waals surface area contributed by atoms with E-state index in [0.29, 0.717) is 6.07 Å². The van der Waals surface area contributed by atoms with Crippen molar-refractivity contribution in [3.05, 3.63) is 34.4 Å². The third-order valence-electron chi connectivity index (χ3n) is 2.12. The Labute approximate surface area is 90.5 Å². The molecule has 0 radical (unpaired) electrons. The molecule has 0 bridgehead atoms. The van der Waals surface area contributed by atoms with E-state index >= 15 is 0 Å². The Balaban J connectivity index is 3.24. The highest BCUT2D eigenvalue weighted by Crippen LogP contribution is 2.27. The van der Waals surface area contributed by atoms with Crippen LogP contribution < -0.4 is 0 Å². The number of hydrogen-bond donors (Lipinski definition) is 1. The molecule has 5 heteroatoms. The van der Waals surface area contributed by atoms with Crippen molar-refractivity contribution in [2.45, 2.75) is 19.3 Å². The van der Waals surface area contributed by atoms with Gasteiger partial charge in [-0.1, -0.05) is 18.5 Å². The van der Waals surface area contributed by atoms with Gasteiger partial charge in [0, 0.05) is 11.6 Å². The second kappa shape index (κ2) is 4.57. The zero-order valence-electron chi connectivity index (χ0n) is 7.93. The number of benzene rings is 1. The van der Waals surface area contributed by atoms with Crippen LogP contribution in [-0.4, -0.2) is 11.1 Å². The van der Waals surface area contributed by atoms with Crippen molar-refractivity contribution in [2.24, 2.45) is 0 Å².